The van der Waals surface area contributed by atoms with Crippen LogP contribution in [0.5, 0.6) is 0 Å². The van der Waals surface area contributed by atoms with Gasteiger partial charge in [0, 0.05) is 18.3 Å². The number of benzene rings is 1. The Bertz CT molecular complexity index is 1020. The van der Waals surface area contributed by atoms with E-state index >= 15 is 0 Å². The van der Waals surface area contributed by atoms with Gasteiger partial charge < -0.3 is 9.88 Å². The van der Waals surface area contributed by atoms with E-state index in [0.717, 1.165) is 18.0 Å². The highest BCUT2D eigenvalue weighted by Gasteiger charge is 2.52. The smallest absolute Gasteiger partial charge is 0.241 e. The number of halogens is 2. The van der Waals surface area contributed by atoms with Gasteiger partial charge in [-0.2, -0.15) is 4.39 Å². The van der Waals surface area contributed by atoms with Gasteiger partial charge in [-0.1, -0.05) is 30.0 Å². The first-order valence-electron chi connectivity index (χ1n) is 8.82. The lowest BCUT2D eigenvalue weighted by atomic mass is 10.2. The van der Waals surface area contributed by atoms with Gasteiger partial charge in [0.1, 0.15) is 4.75 Å². The van der Waals surface area contributed by atoms with Crippen molar-refractivity contribution >= 4 is 23.4 Å². The van der Waals surface area contributed by atoms with Crippen molar-refractivity contribution in [2.75, 3.05) is 5.32 Å². The van der Waals surface area contributed by atoms with Crippen LogP contribution < -0.4 is 5.32 Å². The van der Waals surface area contributed by atoms with E-state index < -0.39 is 16.5 Å². The van der Waals surface area contributed by atoms with Gasteiger partial charge in [-0.25, -0.2) is 9.37 Å². The predicted molar refractivity (Wildman–Crippen MR) is 102 cm³/mol. The van der Waals surface area contributed by atoms with Crippen LogP contribution in [0.2, 0.25) is 0 Å². The second kappa shape index (κ2) is 7.31. The van der Waals surface area contributed by atoms with E-state index in [9.17, 15) is 13.6 Å². The third-order valence-corrected chi connectivity index (χ3v) is 6.00. The van der Waals surface area contributed by atoms with Crippen molar-refractivity contribution in [1.82, 2.24) is 19.7 Å². The molecule has 0 saturated heterocycles. The second-order valence-corrected chi connectivity index (χ2v) is 7.80. The molecule has 2 aromatic heterocycles. The summed E-state index contributed by atoms with van der Waals surface area (Å²) >= 11 is 1.31. The van der Waals surface area contributed by atoms with Gasteiger partial charge in [0.05, 0.1) is 11.8 Å². The predicted octanol–water partition coefficient (Wildman–Crippen LogP) is 3.90. The van der Waals surface area contributed by atoms with E-state index in [4.69, 9.17) is 0 Å². The molecule has 0 unspecified atom stereocenters. The van der Waals surface area contributed by atoms with Crippen molar-refractivity contribution < 1.29 is 13.6 Å². The maximum atomic E-state index is 14.1. The fourth-order valence-corrected chi connectivity index (χ4v) is 4.07. The molecule has 1 aliphatic rings. The van der Waals surface area contributed by atoms with E-state index in [1.54, 1.807) is 4.57 Å². The Balaban J connectivity index is 1.59. The molecule has 1 aromatic carbocycles. The SMILES string of the molecule is CCn1c(SC2(C(=O)Nc3ccccc3)CC2)nnc1-c1cc(F)ncc1F. The Morgan fingerprint density at radius 3 is 2.68 bits per heavy atom. The molecule has 0 aliphatic heterocycles. The number of carbonyl (C=O) groups is 1. The largest absolute Gasteiger partial charge is 0.325 e. The van der Waals surface area contributed by atoms with Crippen molar-refractivity contribution in [3.63, 3.8) is 0 Å². The summed E-state index contributed by atoms with van der Waals surface area (Å²) in [6.45, 7) is 2.31. The van der Waals surface area contributed by atoms with Crippen molar-refractivity contribution in [1.29, 1.82) is 0 Å². The van der Waals surface area contributed by atoms with Crippen LogP contribution in [0.4, 0.5) is 14.5 Å². The summed E-state index contributed by atoms with van der Waals surface area (Å²) in [7, 11) is 0. The highest BCUT2D eigenvalue weighted by atomic mass is 32.2. The van der Waals surface area contributed by atoms with Gasteiger partial charge in [0.2, 0.25) is 11.9 Å². The molecule has 1 aliphatic carbocycles. The standard InChI is InChI=1S/C19H17F2N5OS/c1-2-26-16(13-10-15(21)22-11-14(13)20)24-25-18(26)28-19(8-9-19)17(27)23-12-6-4-3-5-7-12/h3-7,10-11H,2,8-9H2,1H3,(H,23,27). The summed E-state index contributed by atoms with van der Waals surface area (Å²) in [6, 6.07) is 10.2. The fraction of sp³-hybridized carbons (Fsp3) is 0.263. The molecule has 0 atom stereocenters. The summed E-state index contributed by atoms with van der Waals surface area (Å²) in [4.78, 5) is 16.1. The van der Waals surface area contributed by atoms with Crippen molar-refractivity contribution in [3.8, 4) is 11.4 Å². The third kappa shape index (κ3) is 3.49. The molecule has 0 bridgehead atoms. The number of carbonyl (C=O) groups excluding carboxylic acids is 1. The minimum Gasteiger partial charge on any atom is -0.325 e. The fourth-order valence-electron chi connectivity index (χ4n) is 2.86. The van der Waals surface area contributed by atoms with Gasteiger partial charge >= 0.3 is 0 Å². The Morgan fingerprint density at radius 2 is 2.00 bits per heavy atom. The topological polar surface area (TPSA) is 72.7 Å². The number of thioether (sulfide) groups is 1. The van der Waals surface area contributed by atoms with Crippen LogP contribution >= 0.6 is 11.8 Å². The Morgan fingerprint density at radius 1 is 1.25 bits per heavy atom. The number of rotatable bonds is 6. The number of aromatic nitrogens is 4. The van der Waals surface area contributed by atoms with Crippen LogP contribution in [-0.4, -0.2) is 30.4 Å². The minimum atomic E-state index is -0.794. The molecule has 4 rings (SSSR count). The molecule has 3 aromatic rings. The van der Waals surface area contributed by atoms with Gasteiger partial charge in [0.15, 0.2) is 16.8 Å². The number of para-hydroxylation sites is 1. The van der Waals surface area contributed by atoms with E-state index in [-0.39, 0.29) is 17.3 Å². The lowest BCUT2D eigenvalue weighted by Gasteiger charge is -2.15. The summed E-state index contributed by atoms with van der Waals surface area (Å²) in [6.07, 6.45) is 2.24. The van der Waals surface area contributed by atoms with Crippen molar-refractivity contribution in [3.05, 3.63) is 54.4 Å². The van der Waals surface area contributed by atoms with E-state index in [2.05, 4.69) is 20.5 Å². The zero-order chi connectivity index (χ0) is 19.7. The van der Waals surface area contributed by atoms with E-state index in [0.29, 0.717) is 24.5 Å². The highest BCUT2D eigenvalue weighted by Crippen LogP contribution is 2.52. The Hall–Kier alpha value is -2.81. The third-order valence-electron chi connectivity index (χ3n) is 4.53. The number of amides is 1. The number of anilines is 1. The van der Waals surface area contributed by atoms with Crippen LogP contribution in [0, 0.1) is 11.8 Å². The molecule has 28 heavy (non-hydrogen) atoms. The lowest BCUT2D eigenvalue weighted by Crippen LogP contribution is -2.27. The zero-order valence-corrected chi connectivity index (χ0v) is 15.8. The highest BCUT2D eigenvalue weighted by molar-refractivity contribution is 8.01. The molecule has 144 valence electrons. The Kier molecular flexibility index (Phi) is 4.84. The summed E-state index contributed by atoms with van der Waals surface area (Å²) < 4.78 is 28.6. The number of hydrogen-bond acceptors (Lipinski definition) is 5. The average Bonchev–Trinajstić information content (AvgIpc) is 3.37. The minimum absolute atomic E-state index is 0.00714. The first kappa shape index (κ1) is 18.5. The normalized spacial score (nSPS) is 14.7. The van der Waals surface area contributed by atoms with Crippen LogP contribution in [0.3, 0.4) is 0 Å². The zero-order valence-electron chi connectivity index (χ0n) is 15.0. The number of hydrogen-bond donors (Lipinski definition) is 1. The molecule has 6 nitrogen and oxygen atoms in total. The molecule has 0 spiro atoms. The molecule has 1 N–H and O–H groups in total. The maximum absolute atomic E-state index is 14.1. The monoisotopic (exact) mass is 401 g/mol. The number of nitrogens with one attached hydrogen (secondary N) is 1. The van der Waals surface area contributed by atoms with Gasteiger partial charge in [-0.3, -0.25) is 4.79 Å². The molecule has 9 heteroatoms. The van der Waals surface area contributed by atoms with E-state index in [1.165, 1.54) is 11.8 Å². The lowest BCUT2D eigenvalue weighted by molar-refractivity contribution is -0.116. The molecule has 0 radical (unpaired) electrons. The van der Waals surface area contributed by atoms with Crippen molar-refractivity contribution in [2.24, 2.45) is 0 Å². The number of nitrogens with zero attached hydrogens (tertiary/aromatic N) is 4. The summed E-state index contributed by atoms with van der Waals surface area (Å²) in [5, 5.41) is 11.6. The molecular weight excluding hydrogens is 384 g/mol. The van der Waals surface area contributed by atoms with Gasteiger partial charge in [-0.15, -0.1) is 10.2 Å². The van der Waals surface area contributed by atoms with Crippen LogP contribution in [0.15, 0.2) is 47.8 Å². The van der Waals surface area contributed by atoms with Crippen molar-refractivity contribution in [2.45, 2.75) is 36.2 Å². The van der Waals surface area contributed by atoms with Crippen LogP contribution in [-0.2, 0) is 11.3 Å². The second-order valence-electron chi connectivity index (χ2n) is 6.45. The first-order chi connectivity index (χ1) is 13.5. The van der Waals surface area contributed by atoms with Gasteiger partial charge in [-0.05, 0) is 31.9 Å². The Labute approximate surface area is 164 Å². The van der Waals surface area contributed by atoms with Crippen LogP contribution in [0.25, 0.3) is 11.4 Å². The molecule has 2 heterocycles. The summed E-state index contributed by atoms with van der Waals surface area (Å²) in [5.74, 6) is -1.36. The number of pyridine rings is 1. The molecule has 1 amide bonds. The molecule has 1 saturated carbocycles. The van der Waals surface area contributed by atoms with Crippen LogP contribution in [0.1, 0.15) is 19.8 Å². The molecular formula is C19H17F2N5OS. The average molecular weight is 401 g/mol. The molecule has 1 fully saturated rings. The quantitative estimate of drug-likeness (QED) is 0.634. The maximum Gasteiger partial charge on any atom is 0.241 e. The summed E-state index contributed by atoms with van der Waals surface area (Å²) in [5.41, 5.74) is 0.721. The van der Waals surface area contributed by atoms with Gasteiger partial charge in [0.25, 0.3) is 0 Å². The first-order valence-corrected chi connectivity index (χ1v) is 9.64. The van der Waals surface area contributed by atoms with E-state index in [1.807, 2.05) is 37.3 Å².